The van der Waals surface area contributed by atoms with E-state index < -0.39 is 16.4 Å². The van der Waals surface area contributed by atoms with Crippen LogP contribution in [0.15, 0.2) is 29.5 Å². The third-order valence-corrected chi connectivity index (χ3v) is 19.7. The molecule has 8 rings (SSSR count). The van der Waals surface area contributed by atoms with Gasteiger partial charge in [-0.2, -0.15) is 0 Å². The van der Waals surface area contributed by atoms with E-state index in [4.69, 9.17) is 9.47 Å². The number of nitrogens with zero attached hydrogens (tertiary/aromatic N) is 1. The lowest BCUT2D eigenvalue weighted by molar-refractivity contribution is -0.236. The number of esters is 1. The lowest BCUT2D eigenvalue weighted by Crippen LogP contribution is -2.68. The normalized spacial score (nSPS) is 39.4. The molecule has 10 atom stereocenters. The number of aryl methyl sites for hydroxylation is 1. The van der Waals surface area contributed by atoms with Crippen LogP contribution in [-0.2, 0) is 28.7 Å². The van der Waals surface area contributed by atoms with Crippen molar-refractivity contribution in [3.8, 4) is 0 Å². The summed E-state index contributed by atoms with van der Waals surface area (Å²) in [5, 5.41) is 3.69. The third kappa shape index (κ3) is 6.64. The average molecular weight is 839 g/mol. The van der Waals surface area contributed by atoms with E-state index in [1.807, 2.05) is 32.9 Å². The largest absolute Gasteiger partial charge is 0.464 e. The summed E-state index contributed by atoms with van der Waals surface area (Å²) in [6, 6.07) is 3.69. The summed E-state index contributed by atoms with van der Waals surface area (Å²) in [6.07, 6.45) is 14.1. The minimum Gasteiger partial charge on any atom is -0.464 e. The van der Waals surface area contributed by atoms with Crippen LogP contribution in [0.4, 0.5) is 0 Å². The first-order chi connectivity index (χ1) is 28.6. The van der Waals surface area contributed by atoms with E-state index in [1.54, 1.807) is 6.20 Å². The van der Waals surface area contributed by atoms with Gasteiger partial charge < -0.3 is 14.8 Å². The molecule has 0 aromatic carbocycles. The van der Waals surface area contributed by atoms with Crippen molar-refractivity contribution >= 4 is 29.9 Å². The van der Waals surface area contributed by atoms with Crippen LogP contribution in [0.2, 0.25) is 0 Å². The number of pyridine rings is 1. The van der Waals surface area contributed by atoms with Crippen LogP contribution in [0.5, 0.6) is 0 Å². The number of carbonyl (C=O) groups excluding carboxylic acids is 5. The molecule has 1 aromatic heterocycles. The molecule has 61 heavy (non-hydrogen) atoms. The Morgan fingerprint density at radius 3 is 2.20 bits per heavy atom. The number of aromatic nitrogens is 1. The summed E-state index contributed by atoms with van der Waals surface area (Å²) in [4.78, 5) is 72.5. The molecule has 334 valence electrons. The zero-order valence-corrected chi connectivity index (χ0v) is 39.0. The first kappa shape index (κ1) is 44.3. The molecule has 0 radical (unpaired) electrons. The van der Waals surface area contributed by atoms with Gasteiger partial charge in [0.15, 0.2) is 11.6 Å². The number of hydrogen-bond donors (Lipinski definition) is 1. The van der Waals surface area contributed by atoms with E-state index in [0.717, 1.165) is 81.9 Å². The Hall–Kier alpha value is -3.36. The van der Waals surface area contributed by atoms with Gasteiger partial charge in [0.05, 0.1) is 16.9 Å². The zero-order chi connectivity index (χ0) is 44.1. The monoisotopic (exact) mass is 839 g/mol. The Balaban J connectivity index is 1.06. The molecule has 7 aliphatic carbocycles. The van der Waals surface area contributed by atoms with Gasteiger partial charge >= 0.3 is 5.97 Å². The first-order valence-corrected chi connectivity index (χ1v) is 24.0. The van der Waals surface area contributed by atoms with E-state index in [0.29, 0.717) is 49.6 Å². The molecule has 0 aliphatic heterocycles. The molecule has 1 N–H and O–H groups in total. The minimum atomic E-state index is -0.803. The summed E-state index contributed by atoms with van der Waals surface area (Å²) in [7, 11) is 0. The lowest BCUT2D eigenvalue weighted by atomic mass is 9.33. The number of fused-ring (bicyclic) bond motifs is 7. The number of ketones is 2. The van der Waals surface area contributed by atoms with Crippen molar-refractivity contribution in [1.82, 2.24) is 10.3 Å². The molecule has 9 heteroatoms. The first-order valence-electron chi connectivity index (χ1n) is 24.0. The fourth-order valence-corrected chi connectivity index (χ4v) is 15.9. The highest BCUT2D eigenvalue weighted by molar-refractivity contribution is 6.03. The van der Waals surface area contributed by atoms with Crippen LogP contribution in [0.3, 0.4) is 0 Å². The van der Waals surface area contributed by atoms with Gasteiger partial charge in [-0.3, -0.25) is 29.0 Å². The molecule has 6 fully saturated rings. The van der Waals surface area contributed by atoms with E-state index in [9.17, 15) is 19.2 Å². The van der Waals surface area contributed by atoms with Crippen LogP contribution in [0, 0.1) is 69.0 Å². The van der Waals surface area contributed by atoms with E-state index >= 15 is 4.79 Å². The predicted molar refractivity (Wildman–Crippen MR) is 234 cm³/mol. The maximum absolute atomic E-state index is 15.1. The van der Waals surface area contributed by atoms with E-state index in [2.05, 4.69) is 58.8 Å². The summed E-state index contributed by atoms with van der Waals surface area (Å²) < 4.78 is 11.8. The van der Waals surface area contributed by atoms with Crippen LogP contribution in [0.1, 0.15) is 181 Å². The second kappa shape index (κ2) is 15.1. The second-order valence-corrected chi connectivity index (χ2v) is 23.5. The number of allylic oxidation sites excluding steroid dienone is 1. The van der Waals surface area contributed by atoms with Crippen molar-refractivity contribution in [1.29, 1.82) is 0 Å². The molecule has 7 aliphatic rings. The molecule has 0 spiro atoms. The standard InChI is InChI=1S/C52H74N2O7/c1-31(2)42-37(57)28-52(54-45(59)51(20-12-11-13-21-51)27-36(56)33-15-14-32(3)53-29-33)25-24-49(9)34(43(42)52)16-17-39-48(8)22-19-40(47(6,7)38(48)18-23-50(39,49)10)61-44(58)35-26-41(60-30-55)46(35,4)5/h14-15,29-31,34-35,38-41H,11-13,16-28H2,1-10H3,(H,54,59)/t34-,35-,38+,39-,40+,41-,48+,49-,50-,52-/m1/s1. The van der Waals surface area contributed by atoms with Crippen LogP contribution >= 0.6 is 0 Å². The van der Waals surface area contributed by atoms with Gasteiger partial charge in [-0.05, 0) is 141 Å². The summed E-state index contributed by atoms with van der Waals surface area (Å²) in [5.41, 5.74) is 1.39. The van der Waals surface area contributed by atoms with Crippen LogP contribution in [-0.4, -0.2) is 52.6 Å². The highest BCUT2D eigenvalue weighted by Crippen LogP contribution is 2.76. The van der Waals surface area contributed by atoms with Crippen molar-refractivity contribution < 1.29 is 33.4 Å². The van der Waals surface area contributed by atoms with Gasteiger partial charge in [0.1, 0.15) is 12.2 Å². The van der Waals surface area contributed by atoms with Crippen molar-refractivity contribution in [3.05, 3.63) is 40.7 Å². The summed E-state index contributed by atoms with van der Waals surface area (Å²) in [5.74, 6) is 0.751. The van der Waals surface area contributed by atoms with Gasteiger partial charge in [0.2, 0.25) is 5.91 Å². The molecule has 1 aromatic rings. The molecule has 0 bridgehead atoms. The number of rotatable bonds is 10. The quantitative estimate of drug-likeness (QED) is 0.140. The predicted octanol–water partition coefficient (Wildman–Crippen LogP) is 10.3. The van der Waals surface area contributed by atoms with Crippen molar-refractivity contribution in [3.63, 3.8) is 0 Å². The number of Topliss-reactive ketones (excluding diaryl/α,β-unsaturated/α-hetero) is 2. The maximum atomic E-state index is 15.1. The summed E-state index contributed by atoms with van der Waals surface area (Å²) >= 11 is 0. The fraction of sp³-hybridized carbons (Fsp3) is 0.769. The number of ether oxygens (including phenoxy) is 2. The zero-order valence-electron chi connectivity index (χ0n) is 39.0. The smallest absolute Gasteiger partial charge is 0.310 e. The second-order valence-electron chi connectivity index (χ2n) is 23.5. The Bertz CT molecular complexity index is 1990. The van der Waals surface area contributed by atoms with Gasteiger partial charge in [-0.25, -0.2) is 0 Å². The van der Waals surface area contributed by atoms with Gasteiger partial charge in [-0.1, -0.05) is 81.6 Å². The Labute approximate surface area is 365 Å². The van der Waals surface area contributed by atoms with Crippen molar-refractivity contribution in [2.75, 3.05) is 0 Å². The van der Waals surface area contributed by atoms with Gasteiger partial charge in [0, 0.05) is 41.1 Å². The van der Waals surface area contributed by atoms with Gasteiger partial charge in [0.25, 0.3) is 6.47 Å². The molecule has 9 nitrogen and oxygen atoms in total. The Morgan fingerprint density at radius 1 is 0.836 bits per heavy atom. The molecular formula is C52H74N2O7. The molecule has 1 amide bonds. The van der Waals surface area contributed by atoms with E-state index in [1.165, 1.54) is 5.57 Å². The molecule has 6 saturated carbocycles. The Morgan fingerprint density at radius 2 is 1.56 bits per heavy atom. The topological polar surface area (TPSA) is 129 Å². The SMILES string of the molecule is Cc1ccc(C(=O)CC2(C(=O)N[C@@]34CC[C@]5(C)[C@H](CC[C@@H]6[C@@]7(C)CC[C@H](OC(=O)[C@H]8C[C@@H](OC=O)C8(C)C)C(C)(C)[C@@H]7CC[C@]65C)C3=C(C(C)C)C(=O)C4)CCCCC2)cn1. The highest BCUT2D eigenvalue weighted by Gasteiger charge is 2.71. The van der Waals surface area contributed by atoms with Gasteiger partial charge in [-0.15, -0.1) is 0 Å². The molecule has 0 unspecified atom stereocenters. The molecular weight excluding hydrogens is 765 g/mol. The lowest BCUT2D eigenvalue weighted by Gasteiger charge is -2.72. The van der Waals surface area contributed by atoms with Crippen molar-refractivity contribution in [2.24, 2.45) is 62.1 Å². The maximum Gasteiger partial charge on any atom is 0.310 e. The van der Waals surface area contributed by atoms with Crippen molar-refractivity contribution in [2.45, 2.75) is 190 Å². The fourth-order valence-electron chi connectivity index (χ4n) is 15.9. The minimum absolute atomic E-state index is 0.0142. The van der Waals surface area contributed by atoms with Crippen LogP contribution in [0.25, 0.3) is 0 Å². The number of amides is 1. The summed E-state index contributed by atoms with van der Waals surface area (Å²) in [6.45, 7) is 23.0. The average Bonchev–Trinajstić information content (AvgIpc) is 3.49. The number of nitrogens with one attached hydrogen (secondary N) is 1. The number of hydrogen-bond acceptors (Lipinski definition) is 8. The third-order valence-electron chi connectivity index (χ3n) is 19.7. The number of carbonyl (C=O) groups is 5. The molecule has 0 saturated heterocycles. The molecule has 1 heterocycles. The van der Waals surface area contributed by atoms with Crippen LogP contribution < -0.4 is 5.32 Å². The Kier molecular flexibility index (Phi) is 11.0. The van der Waals surface area contributed by atoms with E-state index in [-0.39, 0.29) is 81.5 Å². The highest BCUT2D eigenvalue weighted by atomic mass is 16.6.